The summed E-state index contributed by atoms with van der Waals surface area (Å²) in [5.74, 6) is -1.13. The molecule has 22 heteroatoms. The van der Waals surface area contributed by atoms with Gasteiger partial charge in [-0.2, -0.15) is 33.7 Å². The fraction of sp³-hybridized carbons (Fsp3) is 0.404. The fourth-order valence-corrected chi connectivity index (χ4v) is 11.9. The number of aryl methyl sites for hydroxylation is 1. The van der Waals surface area contributed by atoms with Crippen LogP contribution in [0.1, 0.15) is 89.3 Å². The van der Waals surface area contributed by atoms with Gasteiger partial charge in [-0.1, -0.05) is 87.9 Å². The molecule has 3 aromatic carbocycles. The third kappa shape index (κ3) is 13.0. The summed E-state index contributed by atoms with van der Waals surface area (Å²) < 4.78 is 136. The van der Waals surface area contributed by atoms with E-state index in [1.54, 1.807) is 12.3 Å². The first-order valence-corrected chi connectivity index (χ1v) is 28.6. The number of carbonyl (C=O) groups is 1. The van der Waals surface area contributed by atoms with Crippen molar-refractivity contribution < 1.29 is 61.8 Å². The highest BCUT2D eigenvalue weighted by Gasteiger charge is 2.45. The van der Waals surface area contributed by atoms with E-state index in [0.29, 0.717) is 71.7 Å². The van der Waals surface area contributed by atoms with Gasteiger partial charge < -0.3 is 14.9 Å². The number of carboxylic acids is 1. The summed E-state index contributed by atoms with van der Waals surface area (Å²) in [5, 5.41) is 9.79. The van der Waals surface area contributed by atoms with Crippen LogP contribution in [0.25, 0.3) is 16.3 Å². The molecule has 0 radical (unpaired) electrons. The number of hydrogen-bond donors (Lipinski definition) is 5. The predicted molar refractivity (Wildman–Crippen MR) is 266 cm³/mol. The quantitative estimate of drug-likeness (QED) is 0.0382. The number of anilines is 1. The molecule has 0 amide bonds. The summed E-state index contributed by atoms with van der Waals surface area (Å²) in [6.07, 6.45) is 13.9. The lowest BCUT2D eigenvalue weighted by atomic mass is 9.78. The predicted octanol–water partition coefficient (Wildman–Crippen LogP) is 8.22. The zero-order valence-electron chi connectivity index (χ0n) is 38.4. The molecule has 0 spiro atoms. The van der Waals surface area contributed by atoms with Gasteiger partial charge in [-0.05, 0) is 103 Å². The van der Waals surface area contributed by atoms with Crippen LogP contribution in [0.2, 0.25) is 0 Å². The van der Waals surface area contributed by atoms with E-state index in [1.165, 1.54) is 6.07 Å². The number of rotatable bonds is 21. The average molecular weight is 1050 g/mol. The number of unbranched alkanes of at least 4 members (excludes halogenated alkanes) is 3. The number of benzene rings is 3. The molecule has 374 valence electrons. The third-order valence-electron chi connectivity index (χ3n) is 12.6. The highest BCUT2D eigenvalue weighted by Crippen LogP contribution is 2.51. The molecule has 3 aromatic rings. The Hall–Kier alpha value is -4.71. The van der Waals surface area contributed by atoms with Crippen molar-refractivity contribution in [1.82, 2.24) is 4.90 Å². The first-order chi connectivity index (χ1) is 32.0. The highest BCUT2D eigenvalue weighted by atomic mass is 35.5. The number of allylic oxidation sites excluding steroid dienone is 7. The lowest BCUT2D eigenvalue weighted by molar-refractivity contribution is -0.137. The Bertz CT molecular complexity index is 3190. The maximum Gasteiger partial charge on any atom is 0.303 e. The van der Waals surface area contributed by atoms with E-state index in [0.717, 1.165) is 22.8 Å². The number of carboxylic acid groups (broad SMARTS) is 1. The number of nitrogens with zero attached hydrogens (tertiary/aromatic N) is 3. The standard InChI is InChI=1S/C47H56ClN3O14S4/c1-46(2)38-27-34(48)30-50(22-7-9-24-66(54,55)56)45(38)49-41(46)20-16-32(33-14-11-13-31(26-33)12-5-6-15-43(52)53)17-21-42-47(3,4)44-37-28-35(68(60,61)62)29-40(69(63,64)65)36(37)18-19-39(44)51(42)23-8-10-25-67(57,58)59/h11,13-14,16-21,26-30,42H,5-10,12,15,22-25H2,1-4H3,(H,52,53)(H,54,55,56)(H,57,58,59)(H,60,61,62)(H,63,64,65). The minimum absolute atomic E-state index is 0.00435. The van der Waals surface area contributed by atoms with Crippen LogP contribution >= 0.6 is 11.6 Å². The maximum atomic E-state index is 12.7. The summed E-state index contributed by atoms with van der Waals surface area (Å²) in [6.45, 7) is 8.34. The SMILES string of the molecule is CC1(C)C(=CC=C(C=CC2N(CCCCS(=O)(=O)O)c3ccc4c(S(=O)(=O)O)cc(S(=O)(=O)O)cc4c3C2(C)C)c2cccc(CCCCC(=O)O)c2)N=C2C1=CC(Cl)=CN2CCCCS(=O)(=O)O. The van der Waals surface area contributed by atoms with Crippen molar-refractivity contribution in [3.05, 3.63) is 118 Å². The molecule has 1 atom stereocenters. The third-order valence-corrected chi connectivity index (χ3v) is 16.2. The molecule has 0 aromatic heterocycles. The zero-order chi connectivity index (χ0) is 50.9. The average Bonchev–Trinajstić information content (AvgIpc) is 3.61. The van der Waals surface area contributed by atoms with Gasteiger partial charge in [0.2, 0.25) is 0 Å². The number of aliphatic imine (C=N–C) groups is 1. The topological polar surface area (TPSA) is 274 Å². The van der Waals surface area contributed by atoms with E-state index < -0.39 is 78.9 Å². The van der Waals surface area contributed by atoms with E-state index in [2.05, 4.69) is 0 Å². The van der Waals surface area contributed by atoms with Crippen LogP contribution in [-0.4, -0.2) is 104 Å². The molecule has 0 saturated carbocycles. The Balaban J connectivity index is 1.49. The molecule has 1 unspecified atom stereocenters. The van der Waals surface area contributed by atoms with Gasteiger partial charge in [-0.3, -0.25) is 23.0 Å². The fourth-order valence-electron chi connectivity index (χ4n) is 9.19. The molecule has 3 heterocycles. The molecule has 3 aliphatic heterocycles. The van der Waals surface area contributed by atoms with E-state index in [4.69, 9.17) is 16.6 Å². The smallest absolute Gasteiger partial charge is 0.303 e. The second-order valence-corrected chi connectivity index (χ2v) is 24.8. The molecule has 5 N–H and O–H groups in total. The summed E-state index contributed by atoms with van der Waals surface area (Å²) in [7, 11) is -18.4. The van der Waals surface area contributed by atoms with Crippen LogP contribution in [0.4, 0.5) is 5.69 Å². The second-order valence-electron chi connectivity index (χ2n) is 18.4. The van der Waals surface area contributed by atoms with E-state index in [-0.39, 0.29) is 48.8 Å². The number of amidine groups is 1. The normalized spacial score (nSPS) is 19.0. The zero-order valence-corrected chi connectivity index (χ0v) is 42.4. The maximum absolute atomic E-state index is 12.7. The van der Waals surface area contributed by atoms with Crippen LogP contribution in [0.15, 0.2) is 116 Å². The van der Waals surface area contributed by atoms with Gasteiger partial charge in [-0.15, -0.1) is 0 Å². The van der Waals surface area contributed by atoms with Crippen molar-refractivity contribution in [3.63, 3.8) is 0 Å². The molecular weight excluding hydrogens is 994 g/mol. The lowest BCUT2D eigenvalue weighted by Crippen LogP contribution is -2.40. The molecule has 3 aliphatic rings. The van der Waals surface area contributed by atoms with Gasteiger partial charge in [0.1, 0.15) is 10.7 Å². The van der Waals surface area contributed by atoms with Crippen LogP contribution in [0.3, 0.4) is 0 Å². The first-order valence-electron chi connectivity index (χ1n) is 22.1. The Kier molecular flexibility index (Phi) is 16.0. The summed E-state index contributed by atoms with van der Waals surface area (Å²) in [4.78, 5) is 18.6. The van der Waals surface area contributed by atoms with Crippen molar-refractivity contribution in [2.75, 3.05) is 29.5 Å². The van der Waals surface area contributed by atoms with E-state index >= 15 is 0 Å². The van der Waals surface area contributed by atoms with Crippen molar-refractivity contribution >= 4 is 85.9 Å². The number of halogens is 1. The van der Waals surface area contributed by atoms with Gasteiger partial charge in [0, 0.05) is 53.2 Å². The molecule has 69 heavy (non-hydrogen) atoms. The number of aliphatic carboxylic acids is 1. The lowest BCUT2D eigenvalue weighted by Gasteiger charge is -2.33. The summed E-state index contributed by atoms with van der Waals surface area (Å²) in [5.41, 5.74) is 3.36. The monoisotopic (exact) mass is 1050 g/mol. The minimum Gasteiger partial charge on any atom is -0.481 e. The van der Waals surface area contributed by atoms with Crippen LogP contribution in [-0.2, 0) is 57.1 Å². The number of hydrogen-bond acceptors (Lipinski definition) is 12. The van der Waals surface area contributed by atoms with Crippen LogP contribution in [0.5, 0.6) is 0 Å². The van der Waals surface area contributed by atoms with E-state index in [9.17, 15) is 61.8 Å². The number of fused-ring (bicyclic) bond motifs is 4. The summed E-state index contributed by atoms with van der Waals surface area (Å²) >= 11 is 6.61. The molecular formula is C47H56ClN3O14S4. The van der Waals surface area contributed by atoms with Crippen molar-refractivity contribution in [3.8, 4) is 0 Å². The molecule has 17 nitrogen and oxygen atoms in total. The Morgan fingerprint density at radius 1 is 0.797 bits per heavy atom. The van der Waals surface area contributed by atoms with Crippen molar-refractivity contribution in [2.45, 2.75) is 100 Å². The Labute approximate surface area is 408 Å². The molecule has 0 saturated heterocycles. The molecule has 0 aliphatic carbocycles. The summed E-state index contributed by atoms with van der Waals surface area (Å²) in [6, 6.07) is 12.1. The second kappa shape index (κ2) is 20.6. The highest BCUT2D eigenvalue weighted by molar-refractivity contribution is 7.87. The molecule has 6 rings (SSSR count). The molecule has 0 fully saturated rings. The van der Waals surface area contributed by atoms with Crippen LogP contribution in [0, 0.1) is 5.41 Å². The van der Waals surface area contributed by atoms with Crippen molar-refractivity contribution in [2.24, 2.45) is 10.4 Å². The minimum atomic E-state index is -5.01. The van der Waals surface area contributed by atoms with Crippen LogP contribution < -0.4 is 4.90 Å². The Morgan fingerprint density at radius 3 is 2.09 bits per heavy atom. The van der Waals surface area contributed by atoms with Crippen molar-refractivity contribution in [1.29, 1.82) is 0 Å². The van der Waals surface area contributed by atoms with Gasteiger partial charge in [-0.25, -0.2) is 4.99 Å². The van der Waals surface area contributed by atoms with Gasteiger partial charge in [0.15, 0.2) is 0 Å². The Morgan fingerprint density at radius 2 is 1.46 bits per heavy atom. The molecule has 0 bridgehead atoms. The van der Waals surface area contributed by atoms with Gasteiger partial charge >= 0.3 is 5.97 Å². The van der Waals surface area contributed by atoms with Gasteiger partial charge in [0.25, 0.3) is 40.5 Å². The van der Waals surface area contributed by atoms with E-state index in [1.807, 2.05) is 92.1 Å². The van der Waals surface area contributed by atoms with Gasteiger partial charge in [0.05, 0.1) is 33.2 Å². The largest absolute Gasteiger partial charge is 0.481 e. The first kappa shape index (κ1) is 53.6.